The molecule has 2 nitrogen and oxygen atoms in total. The van der Waals surface area contributed by atoms with Gasteiger partial charge in [0.05, 0.1) is 6.61 Å². The largest absolute Gasteiger partial charge is 0.395 e. The Bertz CT molecular complexity index is 485. The first-order valence-corrected chi connectivity index (χ1v) is 5.57. The second kappa shape index (κ2) is 4.54. The SMILES string of the molecule is Cc1ccccc1-c1ccc(C)n1CCO. The Balaban J connectivity index is 2.52. The summed E-state index contributed by atoms with van der Waals surface area (Å²) in [6.45, 7) is 5.01. The van der Waals surface area contributed by atoms with Crippen LogP contribution in [0.5, 0.6) is 0 Å². The Morgan fingerprint density at radius 2 is 1.81 bits per heavy atom. The van der Waals surface area contributed by atoms with E-state index in [0.717, 1.165) is 0 Å². The van der Waals surface area contributed by atoms with Crippen molar-refractivity contribution in [2.45, 2.75) is 20.4 Å². The Kier molecular flexibility index (Phi) is 3.11. The molecule has 0 unspecified atom stereocenters. The third-order valence-corrected chi connectivity index (χ3v) is 2.94. The fourth-order valence-corrected chi connectivity index (χ4v) is 2.06. The zero-order valence-corrected chi connectivity index (χ0v) is 9.77. The van der Waals surface area contributed by atoms with E-state index in [4.69, 9.17) is 5.11 Å². The molecule has 0 aliphatic heterocycles. The van der Waals surface area contributed by atoms with Crippen LogP contribution in [-0.2, 0) is 6.54 Å². The number of aromatic nitrogens is 1. The van der Waals surface area contributed by atoms with Gasteiger partial charge in [-0.3, -0.25) is 0 Å². The summed E-state index contributed by atoms with van der Waals surface area (Å²) in [6.07, 6.45) is 0. The van der Waals surface area contributed by atoms with Crippen LogP contribution in [0.3, 0.4) is 0 Å². The fourth-order valence-electron chi connectivity index (χ4n) is 2.06. The molecule has 1 N–H and O–H groups in total. The molecule has 2 aromatic rings. The predicted octanol–water partition coefficient (Wildman–Crippen LogP) is 2.76. The quantitative estimate of drug-likeness (QED) is 0.836. The summed E-state index contributed by atoms with van der Waals surface area (Å²) in [5.41, 5.74) is 4.88. The van der Waals surface area contributed by atoms with Gasteiger partial charge in [-0.15, -0.1) is 0 Å². The molecule has 16 heavy (non-hydrogen) atoms. The molecular weight excluding hydrogens is 198 g/mol. The highest BCUT2D eigenvalue weighted by molar-refractivity contribution is 5.64. The van der Waals surface area contributed by atoms with Crippen LogP contribution < -0.4 is 0 Å². The van der Waals surface area contributed by atoms with Crippen LogP contribution in [0.2, 0.25) is 0 Å². The second-order valence-corrected chi connectivity index (χ2v) is 4.05. The van der Waals surface area contributed by atoms with Crippen LogP contribution in [0.4, 0.5) is 0 Å². The molecule has 1 heterocycles. The van der Waals surface area contributed by atoms with E-state index in [1.807, 2.05) is 12.1 Å². The lowest BCUT2D eigenvalue weighted by Crippen LogP contribution is -2.05. The van der Waals surface area contributed by atoms with Gasteiger partial charge in [0.25, 0.3) is 0 Å². The third kappa shape index (κ3) is 1.89. The summed E-state index contributed by atoms with van der Waals surface area (Å²) in [7, 11) is 0. The zero-order valence-electron chi connectivity index (χ0n) is 9.77. The van der Waals surface area contributed by atoms with Gasteiger partial charge in [0, 0.05) is 23.5 Å². The maximum Gasteiger partial charge on any atom is 0.0610 e. The molecular formula is C14H17NO. The average molecular weight is 215 g/mol. The van der Waals surface area contributed by atoms with E-state index in [2.05, 4.69) is 42.7 Å². The molecule has 0 saturated heterocycles. The molecule has 2 heteroatoms. The molecule has 0 fully saturated rings. The molecule has 84 valence electrons. The number of rotatable bonds is 3. The van der Waals surface area contributed by atoms with Crippen molar-refractivity contribution in [3.8, 4) is 11.3 Å². The molecule has 0 spiro atoms. The monoisotopic (exact) mass is 215 g/mol. The van der Waals surface area contributed by atoms with E-state index in [1.165, 1.54) is 22.5 Å². The molecule has 0 radical (unpaired) electrons. The first kappa shape index (κ1) is 11.0. The number of benzene rings is 1. The molecule has 0 atom stereocenters. The van der Waals surface area contributed by atoms with Crippen LogP contribution in [0.25, 0.3) is 11.3 Å². The van der Waals surface area contributed by atoms with Crippen LogP contribution in [-0.4, -0.2) is 16.3 Å². The molecule has 0 aliphatic rings. The molecule has 0 bridgehead atoms. The van der Waals surface area contributed by atoms with E-state index in [9.17, 15) is 0 Å². The van der Waals surface area contributed by atoms with Gasteiger partial charge in [0.1, 0.15) is 0 Å². The van der Waals surface area contributed by atoms with Gasteiger partial charge in [-0.25, -0.2) is 0 Å². The van der Waals surface area contributed by atoms with E-state index in [0.29, 0.717) is 6.54 Å². The van der Waals surface area contributed by atoms with Crippen LogP contribution in [0.1, 0.15) is 11.3 Å². The second-order valence-electron chi connectivity index (χ2n) is 4.05. The molecule has 0 saturated carbocycles. The summed E-state index contributed by atoms with van der Waals surface area (Å²) in [4.78, 5) is 0. The number of aliphatic hydroxyl groups excluding tert-OH is 1. The summed E-state index contributed by atoms with van der Waals surface area (Å²) in [6, 6.07) is 12.5. The third-order valence-electron chi connectivity index (χ3n) is 2.94. The Morgan fingerprint density at radius 1 is 1.06 bits per heavy atom. The standard InChI is InChI=1S/C14H17NO/c1-11-5-3-4-6-13(11)14-8-7-12(2)15(14)9-10-16/h3-8,16H,9-10H2,1-2H3. The summed E-state index contributed by atoms with van der Waals surface area (Å²) in [5.74, 6) is 0. The van der Waals surface area contributed by atoms with Crippen molar-refractivity contribution in [2.24, 2.45) is 0 Å². The van der Waals surface area contributed by atoms with Gasteiger partial charge >= 0.3 is 0 Å². The molecule has 2 rings (SSSR count). The van der Waals surface area contributed by atoms with Crippen LogP contribution in [0.15, 0.2) is 36.4 Å². The van der Waals surface area contributed by atoms with Crippen molar-refractivity contribution < 1.29 is 5.11 Å². The van der Waals surface area contributed by atoms with Crippen LogP contribution >= 0.6 is 0 Å². The zero-order chi connectivity index (χ0) is 11.5. The molecule has 1 aromatic heterocycles. The van der Waals surface area contributed by atoms with Crippen molar-refractivity contribution in [1.82, 2.24) is 4.57 Å². The van der Waals surface area contributed by atoms with Crippen molar-refractivity contribution in [3.63, 3.8) is 0 Å². The van der Waals surface area contributed by atoms with Crippen LogP contribution in [0, 0.1) is 13.8 Å². The highest BCUT2D eigenvalue weighted by atomic mass is 16.3. The lowest BCUT2D eigenvalue weighted by molar-refractivity contribution is 0.276. The number of nitrogens with zero attached hydrogens (tertiary/aromatic N) is 1. The maximum atomic E-state index is 9.08. The van der Waals surface area contributed by atoms with Gasteiger partial charge < -0.3 is 9.67 Å². The molecule has 0 aliphatic carbocycles. The van der Waals surface area contributed by atoms with Gasteiger partial charge in [0.2, 0.25) is 0 Å². The highest BCUT2D eigenvalue weighted by Crippen LogP contribution is 2.25. The lowest BCUT2D eigenvalue weighted by Gasteiger charge is -2.12. The van der Waals surface area contributed by atoms with Crippen molar-refractivity contribution in [1.29, 1.82) is 0 Å². The van der Waals surface area contributed by atoms with E-state index in [-0.39, 0.29) is 6.61 Å². The van der Waals surface area contributed by atoms with Crippen molar-refractivity contribution >= 4 is 0 Å². The fraction of sp³-hybridized carbons (Fsp3) is 0.286. The van der Waals surface area contributed by atoms with Crippen molar-refractivity contribution in [3.05, 3.63) is 47.7 Å². The maximum absolute atomic E-state index is 9.08. The Morgan fingerprint density at radius 3 is 2.50 bits per heavy atom. The van der Waals surface area contributed by atoms with Gasteiger partial charge in [0.15, 0.2) is 0 Å². The molecule has 0 amide bonds. The minimum atomic E-state index is 0.175. The van der Waals surface area contributed by atoms with E-state index in [1.54, 1.807) is 0 Å². The summed E-state index contributed by atoms with van der Waals surface area (Å²) < 4.78 is 2.16. The summed E-state index contributed by atoms with van der Waals surface area (Å²) in [5, 5.41) is 9.08. The predicted molar refractivity (Wildman–Crippen MR) is 66.4 cm³/mol. The topological polar surface area (TPSA) is 25.2 Å². The van der Waals surface area contributed by atoms with E-state index >= 15 is 0 Å². The van der Waals surface area contributed by atoms with Gasteiger partial charge in [-0.2, -0.15) is 0 Å². The highest BCUT2D eigenvalue weighted by Gasteiger charge is 2.08. The van der Waals surface area contributed by atoms with Crippen molar-refractivity contribution in [2.75, 3.05) is 6.61 Å². The first-order chi connectivity index (χ1) is 7.74. The molecule has 1 aromatic carbocycles. The summed E-state index contributed by atoms with van der Waals surface area (Å²) >= 11 is 0. The van der Waals surface area contributed by atoms with Gasteiger partial charge in [-0.1, -0.05) is 24.3 Å². The Labute approximate surface area is 96.2 Å². The lowest BCUT2D eigenvalue weighted by atomic mass is 10.1. The minimum absolute atomic E-state index is 0.175. The van der Waals surface area contributed by atoms with Gasteiger partial charge in [-0.05, 0) is 31.5 Å². The number of hydrogen-bond acceptors (Lipinski definition) is 1. The first-order valence-electron chi connectivity index (χ1n) is 5.57. The van der Waals surface area contributed by atoms with E-state index < -0.39 is 0 Å². The number of hydrogen-bond donors (Lipinski definition) is 1. The average Bonchev–Trinajstić information content (AvgIpc) is 2.62. The minimum Gasteiger partial charge on any atom is -0.395 e. The smallest absolute Gasteiger partial charge is 0.0610 e. The number of aliphatic hydroxyl groups is 1. The number of aryl methyl sites for hydroxylation is 2. The Hall–Kier alpha value is -1.54. The normalized spacial score (nSPS) is 10.7.